The van der Waals surface area contributed by atoms with E-state index in [-0.39, 0.29) is 11.9 Å². The van der Waals surface area contributed by atoms with Gasteiger partial charge in [-0.3, -0.25) is 0 Å². The molecule has 0 aliphatic carbocycles. The van der Waals surface area contributed by atoms with Crippen molar-refractivity contribution in [1.82, 2.24) is 15.2 Å². The second kappa shape index (κ2) is 6.35. The maximum atomic E-state index is 12.3. The first-order valence-electron chi connectivity index (χ1n) is 8.22. The fourth-order valence-electron chi connectivity index (χ4n) is 3.10. The van der Waals surface area contributed by atoms with E-state index in [2.05, 4.69) is 10.3 Å². The van der Waals surface area contributed by atoms with Crippen molar-refractivity contribution in [2.45, 2.75) is 18.9 Å². The van der Waals surface area contributed by atoms with Gasteiger partial charge >= 0.3 is 6.03 Å². The van der Waals surface area contributed by atoms with Crippen LogP contribution >= 0.6 is 0 Å². The maximum Gasteiger partial charge on any atom is 0.317 e. The van der Waals surface area contributed by atoms with Crippen molar-refractivity contribution >= 4 is 17.1 Å². The molecule has 1 aliphatic heterocycles. The largest absolute Gasteiger partial charge is 0.440 e. The van der Waals surface area contributed by atoms with Crippen molar-refractivity contribution in [2.24, 2.45) is 0 Å². The molecule has 1 aromatic heterocycles. The Kier molecular flexibility index (Phi) is 3.91. The van der Waals surface area contributed by atoms with E-state index in [0.717, 1.165) is 35.5 Å². The fraction of sp³-hybridized carbons (Fsp3) is 0.263. The van der Waals surface area contributed by atoms with Crippen LogP contribution in [-0.4, -0.2) is 29.0 Å². The van der Waals surface area contributed by atoms with Gasteiger partial charge < -0.3 is 14.6 Å². The van der Waals surface area contributed by atoms with E-state index in [4.69, 9.17) is 4.42 Å². The molecule has 4 rings (SSSR count). The van der Waals surface area contributed by atoms with Crippen LogP contribution in [0.15, 0.2) is 59.0 Å². The lowest BCUT2D eigenvalue weighted by molar-refractivity contribution is 0.207. The van der Waals surface area contributed by atoms with Crippen molar-refractivity contribution < 1.29 is 9.21 Å². The van der Waals surface area contributed by atoms with E-state index in [1.807, 2.05) is 59.5 Å². The third-order valence-electron chi connectivity index (χ3n) is 4.42. The number of nitrogens with zero attached hydrogens (tertiary/aromatic N) is 2. The minimum atomic E-state index is -0.0301. The van der Waals surface area contributed by atoms with Crippen molar-refractivity contribution in [2.75, 3.05) is 13.1 Å². The van der Waals surface area contributed by atoms with Crippen LogP contribution in [0, 0.1) is 0 Å². The normalized spacial score (nSPS) is 17.3. The van der Waals surface area contributed by atoms with Crippen LogP contribution in [-0.2, 0) is 6.54 Å². The standard InChI is InChI=1S/C19H19N3O2/c23-19(20-12-14-6-2-1-3-7-14)22-11-10-15(13-22)18-21-16-8-4-5-9-17(16)24-18/h1-9,15H,10-13H2,(H,20,23)/t15-/m0/s1. The zero-order valence-corrected chi connectivity index (χ0v) is 13.3. The summed E-state index contributed by atoms with van der Waals surface area (Å²) in [6.07, 6.45) is 0.881. The number of hydrogen-bond donors (Lipinski definition) is 1. The molecule has 2 amide bonds. The zero-order valence-electron chi connectivity index (χ0n) is 13.3. The van der Waals surface area contributed by atoms with Crippen LogP contribution in [0.2, 0.25) is 0 Å². The molecule has 0 unspecified atom stereocenters. The smallest absolute Gasteiger partial charge is 0.317 e. The van der Waals surface area contributed by atoms with E-state index < -0.39 is 0 Å². The van der Waals surface area contributed by atoms with E-state index in [1.54, 1.807) is 0 Å². The number of carbonyl (C=O) groups is 1. The fourth-order valence-corrected chi connectivity index (χ4v) is 3.10. The van der Waals surface area contributed by atoms with Gasteiger partial charge in [-0.15, -0.1) is 0 Å². The minimum Gasteiger partial charge on any atom is -0.440 e. The first kappa shape index (κ1) is 14.8. The Hall–Kier alpha value is -2.82. The summed E-state index contributed by atoms with van der Waals surface area (Å²) in [5.74, 6) is 0.898. The Morgan fingerprint density at radius 3 is 2.79 bits per heavy atom. The summed E-state index contributed by atoms with van der Waals surface area (Å²) in [4.78, 5) is 18.7. The van der Waals surface area contributed by atoms with Crippen LogP contribution in [0.4, 0.5) is 4.79 Å². The molecule has 0 saturated carbocycles. The number of nitrogens with one attached hydrogen (secondary N) is 1. The number of carbonyl (C=O) groups excluding carboxylic acids is 1. The summed E-state index contributed by atoms with van der Waals surface area (Å²) in [5.41, 5.74) is 2.78. The summed E-state index contributed by atoms with van der Waals surface area (Å²) in [6.45, 7) is 1.92. The predicted octanol–water partition coefficient (Wildman–Crippen LogP) is 3.53. The maximum absolute atomic E-state index is 12.3. The summed E-state index contributed by atoms with van der Waals surface area (Å²) in [5, 5.41) is 2.98. The number of para-hydroxylation sites is 2. The predicted molar refractivity (Wildman–Crippen MR) is 91.6 cm³/mol. The Balaban J connectivity index is 1.38. The molecule has 1 saturated heterocycles. The Morgan fingerprint density at radius 2 is 1.96 bits per heavy atom. The van der Waals surface area contributed by atoms with Gasteiger partial charge in [0.2, 0.25) is 0 Å². The lowest BCUT2D eigenvalue weighted by Gasteiger charge is -2.16. The van der Waals surface area contributed by atoms with E-state index in [1.165, 1.54) is 0 Å². The number of oxazole rings is 1. The molecular formula is C19H19N3O2. The summed E-state index contributed by atoms with van der Waals surface area (Å²) >= 11 is 0. The monoisotopic (exact) mass is 321 g/mol. The van der Waals surface area contributed by atoms with Gasteiger partial charge in [-0.05, 0) is 24.1 Å². The molecule has 1 atom stereocenters. The molecule has 1 aliphatic rings. The van der Waals surface area contributed by atoms with Crippen LogP contribution in [0.1, 0.15) is 23.8 Å². The molecule has 0 bridgehead atoms. The Labute approximate surface area is 140 Å². The number of urea groups is 1. The average molecular weight is 321 g/mol. The summed E-state index contributed by atoms with van der Waals surface area (Å²) in [6, 6.07) is 17.7. The molecule has 1 N–H and O–H groups in total. The van der Waals surface area contributed by atoms with Gasteiger partial charge in [-0.1, -0.05) is 42.5 Å². The molecule has 2 heterocycles. The second-order valence-electron chi connectivity index (χ2n) is 6.10. The average Bonchev–Trinajstić information content (AvgIpc) is 3.27. The molecule has 5 heteroatoms. The third-order valence-corrected chi connectivity index (χ3v) is 4.42. The van der Waals surface area contributed by atoms with Crippen molar-refractivity contribution in [3.8, 4) is 0 Å². The van der Waals surface area contributed by atoms with Gasteiger partial charge in [0.05, 0.1) is 5.92 Å². The van der Waals surface area contributed by atoms with E-state index >= 15 is 0 Å². The number of fused-ring (bicyclic) bond motifs is 1. The molecule has 24 heavy (non-hydrogen) atoms. The van der Waals surface area contributed by atoms with Gasteiger partial charge in [0, 0.05) is 19.6 Å². The third kappa shape index (κ3) is 2.97. The van der Waals surface area contributed by atoms with Gasteiger partial charge in [0.15, 0.2) is 11.5 Å². The Bertz CT molecular complexity index is 811. The lowest BCUT2D eigenvalue weighted by Crippen LogP contribution is -2.37. The zero-order chi connectivity index (χ0) is 16.4. The first-order valence-corrected chi connectivity index (χ1v) is 8.22. The van der Waals surface area contributed by atoms with Gasteiger partial charge in [0.25, 0.3) is 0 Å². The van der Waals surface area contributed by atoms with Crippen molar-refractivity contribution in [3.63, 3.8) is 0 Å². The Morgan fingerprint density at radius 1 is 1.17 bits per heavy atom. The minimum absolute atomic E-state index is 0.0301. The molecule has 2 aromatic carbocycles. The van der Waals surface area contributed by atoms with E-state index in [0.29, 0.717) is 13.1 Å². The topological polar surface area (TPSA) is 58.4 Å². The molecule has 5 nitrogen and oxygen atoms in total. The van der Waals surface area contributed by atoms with Gasteiger partial charge in [-0.2, -0.15) is 0 Å². The number of hydrogen-bond acceptors (Lipinski definition) is 3. The number of aromatic nitrogens is 1. The van der Waals surface area contributed by atoms with Crippen LogP contribution < -0.4 is 5.32 Å². The lowest BCUT2D eigenvalue weighted by atomic mass is 10.1. The number of benzene rings is 2. The molecular weight excluding hydrogens is 302 g/mol. The molecule has 0 radical (unpaired) electrons. The molecule has 1 fully saturated rings. The SMILES string of the molecule is O=C(NCc1ccccc1)N1CC[C@H](c2nc3ccccc3o2)C1. The van der Waals surface area contributed by atoms with E-state index in [9.17, 15) is 4.79 Å². The highest BCUT2D eigenvalue weighted by atomic mass is 16.3. The number of rotatable bonds is 3. The molecule has 3 aromatic rings. The molecule has 122 valence electrons. The van der Waals surface area contributed by atoms with Crippen molar-refractivity contribution in [3.05, 3.63) is 66.1 Å². The number of likely N-dealkylation sites (tertiary alicyclic amines) is 1. The first-order chi connectivity index (χ1) is 11.8. The highest BCUT2D eigenvalue weighted by Gasteiger charge is 2.30. The van der Waals surface area contributed by atoms with Gasteiger partial charge in [-0.25, -0.2) is 9.78 Å². The van der Waals surface area contributed by atoms with Crippen molar-refractivity contribution in [1.29, 1.82) is 0 Å². The summed E-state index contributed by atoms with van der Waals surface area (Å²) in [7, 11) is 0. The highest BCUT2D eigenvalue weighted by Crippen LogP contribution is 2.29. The summed E-state index contributed by atoms with van der Waals surface area (Å²) < 4.78 is 5.84. The second-order valence-corrected chi connectivity index (χ2v) is 6.10. The highest BCUT2D eigenvalue weighted by molar-refractivity contribution is 5.75. The van der Waals surface area contributed by atoms with Gasteiger partial charge in [0.1, 0.15) is 5.52 Å². The quantitative estimate of drug-likeness (QED) is 0.803. The molecule has 0 spiro atoms. The number of amides is 2. The van der Waals surface area contributed by atoms with Crippen LogP contribution in [0.3, 0.4) is 0 Å². The van der Waals surface area contributed by atoms with Crippen LogP contribution in [0.5, 0.6) is 0 Å². The van der Waals surface area contributed by atoms with Crippen LogP contribution in [0.25, 0.3) is 11.1 Å².